The number of aromatic nitrogens is 1. The molecule has 0 unspecified atom stereocenters. The number of hydrogen-bond donors (Lipinski definition) is 4. The maximum Gasteiger partial charge on any atom is 0.526 e. The largest absolute Gasteiger partial charge is 0.535 e. The Morgan fingerprint density at radius 3 is 2.62 bits per heavy atom. The molecule has 2 heterocycles. The molecular formula is C20H22BN3O9S. The number of carbonyl (C=O) groups excluding carboxylic acids is 1. The van der Waals surface area contributed by atoms with Gasteiger partial charge in [-0.3, -0.25) is 4.79 Å². The Morgan fingerprint density at radius 2 is 2.06 bits per heavy atom. The number of methoxy groups -OCH3 is 1. The Kier molecular flexibility index (Phi) is 7.12. The van der Waals surface area contributed by atoms with Crippen LogP contribution in [0, 0.1) is 0 Å². The lowest BCUT2D eigenvalue weighted by Gasteiger charge is -2.28. The monoisotopic (exact) mass is 491 g/mol. The topological polar surface area (TPSA) is 191 Å². The highest BCUT2D eigenvalue weighted by molar-refractivity contribution is 7.13. The number of benzene rings is 1. The number of hydrogen-bond acceptors (Lipinski definition) is 11. The summed E-state index contributed by atoms with van der Waals surface area (Å²) in [6.45, 7) is 2.53. The molecule has 0 aliphatic carbocycles. The molecule has 180 valence electrons. The van der Waals surface area contributed by atoms with Crippen molar-refractivity contribution in [3.05, 3.63) is 34.3 Å². The van der Waals surface area contributed by atoms with Crippen LogP contribution in [0.25, 0.3) is 0 Å². The van der Waals surface area contributed by atoms with E-state index >= 15 is 0 Å². The first-order chi connectivity index (χ1) is 15.9. The number of ketones is 1. The first-order valence-corrected chi connectivity index (χ1v) is 10.8. The Balaban J connectivity index is 1.89. The normalized spacial score (nSPS) is 15.8. The lowest BCUT2D eigenvalue weighted by atomic mass is 9.64. The van der Waals surface area contributed by atoms with Crippen molar-refractivity contribution in [3.8, 4) is 11.5 Å². The van der Waals surface area contributed by atoms with Crippen molar-refractivity contribution in [2.75, 3.05) is 12.8 Å². The minimum atomic E-state index is -1.72. The van der Waals surface area contributed by atoms with Gasteiger partial charge in [-0.2, -0.15) is 0 Å². The van der Waals surface area contributed by atoms with Gasteiger partial charge in [0.25, 0.3) is 0 Å². The minimum absolute atomic E-state index is 0.00259. The van der Waals surface area contributed by atoms with Gasteiger partial charge >= 0.3 is 19.1 Å². The van der Waals surface area contributed by atoms with Gasteiger partial charge in [0.1, 0.15) is 22.8 Å². The summed E-state index contributed by atoms with van der Waals surface area (Å²) in [4.78, 5) is 45.2. The van der Waals surface area contributed by atoms with Crippen LogP contribution in [0.15, 0.2) is 22.7 Å². The Hall–Kier alpha value is -3.65. The van der Waals surface area contributed by atoms with E-state index in [1.165, 1.54) is 32.4 Å². The Morgan fingerprint density at radius 1 is 1.35 bits per heavy atom. The summed E-state index contributed by atoms with van der Waals surface area (Å²) < 4.78 is 10.6. The molecule has 3 rings (SSSR count). The molecule has 34 heavy (non-hydrogen) atoms. The van der Waals surface area contributed by atoms with Crippen molar-refractivity contribution in [2.45, 2.75) is 38.1 Å². The fraction of sp³-hybridized carbons (Fsp3) is 0.350. The number of thiazole rings is 1. The highest BCUT2D eigenvalue weighted by Crippen LogP contribution is 2.39. The summed E-state index contributed by atoms with van der Waals surface area (Å²) in [7, 11) is -0.102. The van der Waals surface area contributed by atoms with E-state index in [9.17, 15) is 29.6 Å². The predicted molar refractivity (Wildman–Crippen MR) is 121 cm³/mol. The molecule has 0 fully saturated rings. The van der Waals surface area contributed by atoms with E-state index in [2.05, 4.69) is 10.1 Å². The number of Topliss-reactive ketones (excluding diaryl/α,β-unsaturated/α-hetero) is 1. The molecule has 12 nitrogen and oxygen atoms in total. The molecule has 5 N–H and O–H groups in total. The summed E-state index contributed by atoms with van der Waals surface area (Å²) in [6, 6.07) is 2.85. The minimum Gasteiger partial charge on any atom is -0.535 e. The van der Waals surface area contributed by atoms with Crippen LogP contribution in [0.3, 0.4) is 0 Å². The van der Waals surface area contributed by atoms with Gasteiger partial charge in [0.2, 0.25) is 5.60 Å². The van der Waals surface area contributed by atoms with Crippen LogP contribution >= 0.6 is 11.3 Å². The van der Waals surface area contributed by atoms with E-state index in [0.29, 0.717) is 5.56 Å². The number of aliphatic carboxylic acids is 1. The smallest absolute Gasteiger partial charge is 0.526 e. The second-order valence-electron chi connectivity index (χ2n) is 7.99. The second kappa shape index (κ2) is 9.69. The summed E-state index contributed by atoms with van der Waals surface area (Å²) >= 11 is 1.05. The van der Waals surface area contributed by atoms with Crippen molar-refractivity contribution in [2.24, 2.45) is 5.16 Å². The number of carbonyl (C=O) groups is 3. The lowest BCUT2D eigenvalue weighted by Crippen LogP contribution is -2.37. The lowest BCUT2D eigenvalue weighted by molar-refractivity contribution is -0.161. The van der Waals surface area contributed by atoms with Gasteiger partial charge in [-0.15, -0.1) is 11.3 Å². The molecule has 0 bridgehead atoms. The number of nitrogen functional groups attached to an aromatic ring is 1. The molecule has 14 heteroatoms. The zero-order valence-corrected chi connectivity index (χ0v) is 19.3. The summed E-state index contributed by atoms with van der Waals surface area (Å²) in [5, 5.41) is 34.6. The quantitative estimate of drug-likeness (QED) is 0.226. The van der Waals surface area contributed by atoms with Crippen LogP contribution in [-0.4, -0.2) is 63.5 Å². The number of carboxylic acids is 2. The number of nitrogens with zero attached hydrogens (tertiary/aromatic N) is 2. The third-order valence-electron chi connectivity index (χ3n) is 5.09. The number of anilines is 1. The van der Waals surface area contributed by atoms with E-state index in [1.807, 2.05) is 0 Å². The first-order valence-electron chi connectivity index (χ1n) is 9.96. The Bertz CT molecular complexity index is 1160. The number of rotatable bonds is 9. The van der Waals surface area contributed by atoms with Gasteiger partial charge in [0, 0.05) is 17.6 Å². The van der Waals surface area contributed by atoms with E-state index in [-0.39, 0.29) is 46.4 Å². The number of fused-ring (bicyclic) bond motifs is 1. The average molecular weight is 491 g/mol. The molecule has 1 atom stereocenters. The van der Waals surface area contributed by atoms with Gasteiger partial charge in [-0.25, -0.2) is 14.6 Å². The summed E-state index contributed by atoms with van der Waals surface area (Å²) in [5.74, 6) is -3.66. The second-order valence-corrected chi connectivity index (χ2v) is 8.88. The fourth-order valence-electron chi connectivity index (χ4n) is 3.17. The SMILES string of the molecule is COc1cc2c(c(C(=O)O)c1)OB(O)[C@@H](CC(=O)/C(=N\OC(C)(C)C(=O)O)c1csc(N)n1)C2. The predicted octanol–water partition coefficient (Wildman–Crippen LogP) is 1.46. The molecule has 1 aliphatic rings. The molecule has 1 aliphatic heterocycles. The average Bonchev–Trinajstić information content (AvgIpc) is 3.19. The number of nitrogens with two attached hydrogens (primary N) is 1. The molecule has 0 saturated carbocycles. The standard InChI is InChI=1S/C20H22BN3O9S/c1-20(2,18(28)29)33-24-15(13-8-34-19(22)23-13)14(25)6-10-4-9-5-11(31-3)7-12(17(26)27)16(9)32-21(10)30/h5,7-8,10,30H,4,6H2,1-3H3,(H2,22,23)(H,26,27)(H,28,29)/b24-15-/t10-/m1/s1. The van der Waals surface area contributed by atoms with E-state index in [1.54, 1.807) is 6.07 Å². The Labute approximate surface area is 198 Å². The van der Waals surface area contributed by atoms with Crippen LogP contribution in [0.2, 0.25) is 5.82 Å². The zero-order chi connectivity index (χ0) is 25.2. The molecule has 0 radical (unpaired) electrons. The number of carboxylic acid groups (broad SMARTS) is 2. The van der Waals surface area contributed by atoms with Crippen LogP contribution in [-0.2, 0) is 20.8 Å². The van der Waals surface area contributed by atoms with Crippen molar-refractivity contribution < 1.29 is 43.8 Å². The van der Waals surface area contributed by atoms with Gasteiger partial charge in [0.15, 0.2) is 16.6 Å². The van der Waals surface area contributed by atoms with Gasteiger partial charge in [-0.1, -0.05) is 5.16 Å². The summed E-state index contributed by atoms with van der Waals surface area (Å²) in [6.07, 6.45) is -0.180. The summed E-state index contributed by atoms with van der Waals surface area (Å²) in [5.41, 5.74) is 4.03. The zero-order valence-electron chi connectivity index (χ0n) is 18.5. The molecule has 0 amide bonds. The van der Waals surface area contributed by atoms with Crippen LogP contribution in [0.4, 0.5) is 5.13 Å². The first kappa shape index (κ1) is 25.0. The number of oxime groups is 1. The van der Waals surface area contributed by atoms with E-state index in [0.717, 1.165) is 11.3 Å². The van der Waals surface area contributed by atoms with E-state index < -0.39 is 36.3 Å². The maximum absolute atomic E-state index is 13.1. The molecule has 0 spiro atoms. The van der Waals surface area contributed by atoms with Gasteiger partial charge in [-0.05, 0) is 38.0 Å². The maximum atomic E-state index is 13.1. The van der Waals surface area contributed by atoms with Gasteiger partial charge in [0.05, 0.1) is 7.11 Å². The molecule has 2 aromatic rings. The number of ether oxygens (including phenoxy) is 1. The van der Waals surface area contributed by atoms with Crippen LogP contribution in [0.5, 0.6) is 11.5 Å². The van der Waals surface area contributed by atoms with Crippen molar-refractivity contribution in [1.82, 2.24) is 4.98 Å². The number of aromatic carboxylic acids is 1. The molecular weight excluding hydrogens is 469 g/mol. The van der Waals surface area contributed by atoms with Crippen molar-refractivity contribution in [3.63, 3.8) is 0 Å². The van der Waals surface area contributed by atoms with Crippen LogP contribution < -0.4 is 15.1 Å². The molecule has 1 aromatic heterocycles. The third kappa shape index (κ3) is 5.29. The highest BCUT2D eigenvalue weighted by Gasteiger charge is 2.40. The third-order valence-corrected chi connectivity index (χ3v) is 5.76. The van der Waals surface area contributed by atoms with Gasteiger partial charge < -0.3 is 35.2 Å². The molecule has 1 aromatic carbocycles. The van der Waals surface area contributed by atoms with Crippen molar-refractivity contribution in [1.29, 1.82) is 0 Å². The van der Waals surface area contributed by atoms with Crippen molar-refractivity contribution >= 4 is 47.0 Å². The molecule has 0 saturated heterocycles. The van der Waals surface area contributed by atoms with Crippen LogP contribution in [0.1, 0.15) is 41.9 Å². The van der Waals surface area contributed by atoms with E-state index in [4.69, 9.17) is 20.0 Å². The highest BCUT2D eigenvalue weighted by atomic mass is 32.1. The fourth-order valence-corrected chi connectivity index (χ4v) is 3.72.